The average Bonchev–Trinajstić information content (AvgIpc) is 3.00. The molecule has 1 unspecified atom stereocenters. The first-order valence-electron chi connectivity index (χ1n) is 9.74. The Balaban J connectivity index is 1.59. The maximum Gasteiger partial charge on any atom is 0.0124 e. The molecule has 0 amide bonds. The lowest BCUT2D eigenvalue weighted by Crippen LogP contribution is -2.47. The topological polar surface area (TPSA) is 15.3 Å². The Hall–Kier alpha value is -0.0800. The minimum Gasteiger partial charge on any atom is -0.313 e. The Bertz CT molecular complexity index is 314. The van der Waals surface area contributed by atoms with Crippen molar-refractivity contribution in [2.45, 2.75) is 90.1 Å². The van der Waals surface area contributed by atoms with Crippen molar-refractivity contribution in [2.75, 3.05) is 19.6 Å². The van der Waals surface area contributed by atoms with Crippen LogP contribution in [0.5, 0.6) is 0 Å². The number of hydrogen-bond donors (Lipinski definition) is 1. The molecular formula is C19H36N2. The fraction of sp³-hybridized carbons (Fsp3) is 1.00. The van der Waals surface area contributed by atoms with Crippen LogP contribution in [0.1, 0.15) is 78.1 Å². The van der Waals surface area contributed by atoms with E-state index >= 15 is 0 Å². The average molecular weight is 293 g/mol. The zero-order valence-electron chi connectivity index (χ0n) is 14.4. The van der Waals surface area contributed by atoms with Crippen molar-refractivity contribution in [3.63, 3.8) is 0 Å². The number of hydrogen-bond acceptors (Lipinski definition) is 2. The van der Waals surface area contributed by atoms with Crippen LogP contribution in [0.4, 0.5) is 0 Å². The molecule has 0 aromatic heterocycles. The molecule has 2 aliphatic carbocycles. The molecule has 0 aromatic rings. The van der Waals surface area contributed by atoms with Crippen LogP contribution in [0, 0.1) is 11.3 Å². The van der Waals surface area contributed by atoms with Gasteiger partial charge in [0.05, 0.1) is 0 Å². The number of rotatable bonds is 8. The summed E-state index contributed by atoms with van der Waals surface area (Å²) in [4.78, 5) is 2.90. The highest BCUT2D eigenvalue weighted by Gasteiger charge is 2.38. The second-order valence-electron chi connectivity index (χ2n) is 8.09. The van der Waals surface area contributed by atoms with Crippen LogP contribution in [0.15, 0.2) is 0 Å². The van der Waals surface area contributed by atoms with Crippen LogP contribution >= 0.6 is 0 Å². The van der Waals surface area contributed by atoms with Gasteiger partial charge in [-0.05, 0) is 69.2 Å². The van der Waals surface area contributed by atoms with Gasteiger partial charge in [0.25, 0.3) is 0 Å². The van der Waals surface area contributed by atoms with E-state index in [1.807, 2.05) is 0 Å². The molecule has 1 atom stereocenters. The number of nitrogens with zero attached hydrogens (tertiary/aromatic N) is 1. The van der Waals surface area contributed by atoms with Gasteiger partial charge in [-0.3, -0.25) is 4.90 Å². The first kappa shape index (κ1) is 15.8. The van der Waals surface area contributed by atoms with E-state index in [-0.39, 0.29) is 0 Å². The van der Waals surface area contributed by atoms with Crippen molar-refractivity contribution < 1.29 is 0 Å². The van der Waals surface area contributed by atoms with Gasteiger partial charge in [0, 0.05) is 25.2 Å². The van der Waals surface area contributed by atoms with Gasteiger partial charge < -0.3 is 5.32 Å². The monoisotopic (exact) mass is 292 g/mol. The van der Waals surface area contributed by atoms with Crippen molar-refractivity contribution in [1.82, 2.24) is 10.2 Å². The SMILES string of the molecule is CCC(CC)(CNC1CC1)CN1CCCC1C1CCCC1. The minimum absolute atomic E-state index is 0.518. The van der Waals surface area contributed by atoms with E-state index in [9.17, 15) is 0 Å². The summed E-state index contributed by atoms with van der Waals surface area (Å²) in [6.07, 6.45) is 14.4. The summed E-state index contributed by atoms with van der Waals surface area (Å²) in [7, 11) is 0. The molecule has 3 aliphatic rings. The van der Waals surface area contributed by atoms with E-state index in [0.717, 1.165) is 18.0 Å². The quantitative estimate of drug-likeness (QED) is 0.721. The molecule has 3 rings (SSSR count). The molecule has 21 heavy (non-hydrogen) atoms. The summed E-state index contributed by atoms with van der Waals surface area (Å²) in [6.45, 7) is 8.79. The molecule has 1 N–H and O–H groups in total. The summed E-state index contributed by atoms with van der Waals surface area (Å²) < 4.78 is 0. The molecule has 1 aliphatic heterocycles. The predicted molar refractivity (Wildman–Crippen MR) is 90.6 cm³/mol. The van der Waals surface area contributed by atoms with E-state index in [4.69, 9.17) is 0 Å². The Kier molecular flexibility index (Phi) is 5.27. The lowest BCUT2D eigenvalue weighted by Gasteiger charge is -2.40. The molecule has 2 nitrogen and oxygen atoms in total. The molecule has 2 saturated carbocycles. The smallest absolute Gasteiger partial charge is 0.0124 e. The lowest BCUT2D eigenvalue weighted by molar-refractivity contribution is 0.100. The molecule has 0 bridgehead atoms. The zero-order chi connectivity index (χ0) is 14.7. The molecule has 2 heteroatoms. The van der Waals surface area contributed by atoms with Crippen LogP contribution in [-0.4, -0.2) is 36.6 Å². The minimum atomic E-state index is 0.518. The van der Waals surface area contributed by atoms with Crippen molar-refractivity contribution >= 4 is 0 Å². The summed E-state index contributed by atoms with van der Waals surface area (Å²) >= 11 is 0. The highest BCUT2D eigenvalue weighted by Crippen LogP contribution is 2.38. The normalized spacial score (nSPS) is 28.6. The van der Waals surface area contributed by atoms with Crippen LogP contribution in [0.3, 0.4) is 0 Å². The highest BCUT2D eigenvalue weighted by molar-refractivity contribution is 4.93. The first-order chi connectivity index (χ1) is 10.3. The predicted octanol–water partition coefficient (Wildman–Crippen LogP) is 4.20. The van der Waals surface area contributed by atoms with Gasteiger partial charge in [-0.2, -0.15) is 0 Å². The fourth-order valence-electron chi connectivity index (χ4n) is 4.78. The molecule has 3 fully saturated rings. The summed E-state index contributed by atoms with van der Waals surface area (Å²) in [5.74, 6) is 1.02. The van der Waals surface area contributed by atoms with E-state index in [0.29, 0.717) is 5.41 Å². The maximum atomic E-state index is 3.83. The van der Waals surface area contributed by atoms with Crippen molar-refractivity contribution in [3.05, 3.63) is 0 Å². The molecular weight excluding hydrogens is 256 g/mol. The van der Waals surface area contributed by atoms with Gasteiger partial charge in [0.2, 0.25) is 0 Å². The van der Waals surface area contributed by atoms with Crippen LogP contribution in [0.25, 0.3) is 0 Å². The Morgan fingerprint density at radius 3 is 2.29 bits per heavy atom. The van der Waals surface area contributed by atoms with Gasteiger partial charge in [-0.1, -0.05) is 26.7 Å². The van der Waals surface area contributed by atoms with Gasteiger partial charge in [-0.15, -0.1) is 0 Å². The van der Waals surface area contributed by atoms with Gasteiger partial charge in [0.15, 0.2) is 0 Å². The lowest BCUT2D eigenvalue weighted by atomic mass is 9.81. The summed E-state index contributed by atoms with van der Waals surface area (Å²) in [5.41, 5.74) is 0.518. The second-order valence-corrected chi connectivity index (χ2v) is 8.09. The Morgan fingerprint density at radius 2 is 1.67 bits per heavy atom. The van der Waals surface area contributed by atoms with Crippen molar-refractivity contribution in [1.29, 1.82) is 0 Å². The van der Waals surface area contributed by atoms with Gasteiger partial charge >= 0.3 is 0 Å². The largest absolute Gasteiger partial charge is 0.313 e. The Labute approximate surface area is 132 Å². The van der Waals surface area contributed by atoms with Gasteiger partial charge in [0.1, 0.15) is 0 Å². The molecule has 0 radical (unpaired) electrons. The zero-order valence-corrected chi connectivity index (χ0v) is 14.4. The fourth-order valence-corrected chi connectivity index (χ4v) is 4.78. The van der Waals surface area contributed by atoms with E-state index in [1.165, 1.54) is 83.8 Å². The molecule has 1 saturated heterocycles. The van der Waals surface area contributed by atoms with Gasteiger partial charge in [-0.25, -0.2) is 0 Å². The highest BCUT2D eigenvalue weighted by atomic mass is 15.2. The third-order valence-corrected chi connectivity index (χ3v) is 6.74. The standard InChI is InChI=1S/C19H36N2/c1-3-19(4-2,14-20-17-11-12-17)15-21-13-7-10-18(21)16-8-5-6-9-16/h16-18,20H,3-15H2,1-2H3. The first-order valence-corrected chi connectivity index (χ1v) is 9.74. The maximum absolute atomic E-state index is 3.83. The number of nitrogens with one attached hydrogen (secondary N) is 1. The van der Waals surface area contributed by atoms with Crippen LogP contribution in [0.2, 0.25) is 0 Å². The Morgan fingerprint density at radius 1 is 0.952 bits per heavy atom. The van der Waals surface area contributed by atoms with Crippen LogP contribution < -0.4 is 5.32 Å². The molecule has 1 heterocycles. The third-order valence-electron chi connectivity index (χ3n) is 6.74. The van der Waals surface area contributed by atoms with Crippen molar-refractivity contribution in [2.24, 2.45) is 11.3 Å². The summed E-state index contributed by atoms with van der Waals surface area (Å²) in [6, 6.07) is 1.78. The van der Waals surface area contributed by atoms with E-state index < -0.39 is 0 Å². The van der Waals surface area contributed by atoms with E-state index in [1.54, 1.807) is 0 Å². The van der Waals surface area contributed by atoms with Crippen LogP contribution in [-0.2, 0) is 0 Å². The number of likely N-dealkylation sites (tertiary alicyclic amines) is 1. The molecule has 122 valence electrons. The van der Waals surface area contributed by atoms with Crippen molar-refractivity contribution in [3.8, 4) is 0 Å². The molecule has 0 aromatic carbocycles. The van der Waals surface area contributed by atoms with E-state index in [2.05, 4.69) is 24.1 Å². The second kappa shape index (κ2) is 7.00. The summed E-state index contributed by atoms with van der Waals surface area (Å²) in [5, 5.41) is 3.83. The third kappa shape index (κ3) is 3.82. The molecule has 0 spiro atoms.